The van der Waals surface area contributed by atoms with Crippen LogP contribution in [0.5, 0.6) is 0 Å². The van der Waals surface area contributed by atoms with Gasteiger partial charge in [-0.15, -0.1) is 0 Å². The van der Waals surface area contributed by atoms with E-state index in [1.54, 1.807) is 0 Å². The van der Waals surface area contributed by atoms with E-state index in [-0.39, 0.29) is 37.6 Å². The number of ether oxygens (including phenoxy) is 1. The lowest BCUT2D eigenvalue weighted by atomic mass is 9.66. The summed E-state index contributed by atoms with van der Waals surface area (Å²) in [6, 6.07) is 5.16. The van der Waals surface area contributed by atoms with E-state index in [1.165, 1.54) is 23.1 Å². The van der Waals surface area contributed by atoms with Gasteiger partial charge in [-0.3, -0.25) is 9.59 Å². The van der Waals surface area contributed by atoms with E-state index in [1.807, 2.05) is 0 Å². The molecule has 1 heterocycles. The van der Waals surface area contributed by atoms with Gasteiger partial charge in [-0.25, -0.2) is 0 Å². The molecule has 0 bridgehead atoms. The molecule has 2 fully saturated rings. The third-order valence-electron chi connectivity index (χ3n) is 5.29. The Morgan fingerprint density at radius 1 is 1.27 bits per heavy atom. The summed E-state index contributed by atoms with van der Waals surface area (Å²) < 4.78 is 45.2. The molecule has 3 rings (SSSR count). The number of benzene rings is 1. The van der Waals surface area contributed by atoms with Crippen LogP contribution in [0.15, 0.2) is 24.3 Å². The number of aliphatic carboxylic acids is 1. The van der Waals surface area contributed by atoms with Crippen LogP contribution in [0.2, 0.25) is 0 Å². The zero-order valence-electron chi connectivity index (χ0n) is 14.1. The van der Waals surface area contributed by atoms with Gasteiger partial charge in [-0.05, 0) is 24.5 Å². The number of alkyl halides is 3. The molecule has 0 spiro atoms. The molecule has 5 nitrogen and oxygen atoms in total. The number of hydrogen-bond acceptors (Lipinski definition) is 3. The lowest BCUT2D eigenvalue weighted by Gasteiger charge is -2.40. The zero-order valence-corrected chi connectivity index (χ0v) is 14.1. The standard InChI is InChI=1S/C18H20F3NO4/c19-18(20,21)13-5-2-1-4-12(13)14-11-22(8-9-26-14)15(23)10-17(16(24)25)6-3-7-17/h1-2,4-5,14H,3,6-11H2,(H,24,25). The Hall–Kier alpha value is -2.09. The molecule has 8 heteroatoms. The van der Waals surface area contributed by atoms with Gasteiger partial charge >= 0.3 is 12.1 Å². The third-order valence-corrected chi connectivity index (χ3v) is 5.29. The van der Waals surface area contributed by atoms with Crippen molar-refractivity contribution < 1.29 is 32.6 Å². The minimum absolute atomic E-state index is 0.00547. The number of morpholine rings is 1. The zero-order chi connectivity index (χ0) is 18.9. The molecule has 1 saturated carbocycles. The highest BCUT2D eigenvalue weighted by molar-refractivity contribution is 5.85. The van der Waals surface area contributed by atoms with Gasteiger partial charge in [-0.2, -0.15) is 13.2 Å². The van der Waals surface area contributed by atoms with Crippen LogP contribution in [0.4, 0.5) is 13.2 Å². The Labute approximate surface area is 148 Å². The summed E-state index contributed by atoms with van der Waals surface area (Å²) in [6.07, 6.45) is -3.82. The first-order valence-electron chi connectivity index (χ1n) is 8.52. The molecule has 2 aliphatic rings. The van der Waals surface area contributed by atoms with E-state index in [4.69, 9.17) is 4.74 Å². The number of carboxylic acids is 1. The average Bonchev–Trinajstić information content (AvgIpc) is 2.57. The van der Waals surface area contributed by atoms with Gasteiger partial charge in [0.15, 0.2) is 0 Å². The van der Waals surface area contributed by atoms with Crippen LogP contribution < -0.4 is 0 Å². The first-order valence-corrected chi connectivity index (χ1v) is 8.52. The molecule has 1 unspecified atom stereocenters. The molecule has 1 atom stereocenters. The SMILES string of the molecule is O=C(CC1(C(=O)O)CCC1)N1CCOC(c2ccccc2C(F)(F)F)C1. The molecule has 1 N–H and O–H groups in total. The lowest BCUT2D eigenvalue weighted by Crippen LogP contribution is -2.47. The van der Waals surface area contributed by atoms with Gasteiger partial charge in [0, 0.05) is 13.0 Å². The van der Waals surface area contributed by atoms with Crippen molar-refractivity contribution in [2.24, 2.45) is 5.41 Å². The van der Waals surface area contributed by atoms with E-state index in [9.17, 15) is 27.9 Å². The van der Waals surface area contributed by atoms with E-state index in [0.717, 1.165) is 12.5 Å². The second-order valence-corrected chi connectivity index (χ2v) is 6.90. The smallest absolute Gasteiger partial charge is 0.416 e. The minimum Gasteiger partial charge on any atom is -0.481 e. The monoisotopic (exact) mass is 371 g/mol. The number of halogens is 3. The van der Waals surface area contributed by atoms with E-state index in [2.05, 4.69) is 0 Å². The van der Waals surface area contributed by atoms with Gasteiger partial charge in [0.1, 0.15) is 6.10 Å². The first-order chi connectivity index (χ1) is 12.2. The van der Waals surface area contributed by atoms with Crippen LogP contribution in [-0.2, 0) is 20.5 Å². The number of nitrogens with zero attached hydrogens (tertiary/aromatic N) is 1. The highest BCUT2D eigenvalue weighted by Crippen LogP contribution is 2.45. The fraction of sp³-hybridized carbons (Fsp3) is 0.556. The Morgan fingerprint density at radius 3 is 2.54 bits per heavy atom. The van der Waals surface area contributed by atoms with Gasteiger partial charge in [-0.1, -0.05) is 24.6 Å². The summed E-state index contributed by atoms with van der Waals surface area (Å²) in [5.41, 5.74) is -1.80. The van der Waals surface area contributed by atoms with Crippen LogP contribution in [-0.4, -0.2) is 41.6 Å². The number of carbonyl (C=O) groups is 2. The van der Waals surface area contributed by atoms with Crippen molar-refractivity contribution in [1.82, 2.24) is 4.90 Å². The van der Waals surface area contributed by atoms with Crippen LogP contribution in [0.25, 0.3) is 0 Å². The Kier molecular flexibility index (Phi) is 4.96. The number of hydrogen-bond donors (Lipinski definition) is 1. The van der Waals surface area contributed by atoms with Crippen molar-refractivity contribution in [3.63, 3.8) is 0 Å². The van der Waals surface area contributed by atoms with Crippen molar-refractivity contribution in [2.75, 3.05) is 19.7 Å². The predicted molar refractivity (Wildman–Crippen MR) is 85.3 cm³/mol. The molecule has 1 saturated heterocycles. The molecule has 142 valence electrons. The topological polar surface area (TPSA) is 66.8 Å². The fourth-order valence-electron chi connectivity index (χ4n) is 3.57. The molecule has 1 aliphatic carbocycles. The van der Waals surface area contributed by atoms with E-state index >= 15 is 0 Å². The average molecular weight is 371 g/mol. The molecule has 1 aromatic rings. The number of amides is 1. The van der Waals surface area contributed by atoms with Gasteiger partial charge in [0.05, 0.1) is 24.1 Å². The Morgan fingerprint density at radius 2 is 1.96 bits per heavy atom. The molecule has 1 aromatic carbocycles. The maximum Gasteiger partial charge on any atom is 0.416 e. The first kappa shape index (κ1) is 18.7. The van der Waals surface area contributed by atoms with Gasteiger partial charge in [0.2, 0.25) is 5.91 Å². The molecule has 0 radical (unpaired) electrons. The van der Waals surface area contributed by atoms with Crippen LogP contribution >= 0.6 is 0 Å². The van der Waals surface area contributed by atoms with Gasteiger partial charge in [0.25, 0.3) is 0 Å². The maximum atomic E-state index is 13.2. The highest BCUT2D eigenvalue weighted by Gasteiger charge is 2.47. The van der Waals surface area contributed by atoms with Crippen LogP contribution in [0, 0.1) is 5.41 Å². The summed E-state index contributed by atoms with van der Waals surface area (Å²) in [6.45, 7) is 0.351. The predicted octanol–water partition coefficient (Wildman–Crippen LogP) is 3.25. The summed E-state index contributed by atoms with van der Waals surface area (Å²) >= 11 is 0. The van der Waals surface area contributed by atoms with Crippen molar-refractivity contribution in [3.05, 3.63) is 35.4 Å². The maximum absolute atomic E-state index is 13.2. The molecular weight excluding hydrogens is 351 g/mol. The Bertz CT molecular complexity index is 700. The quantitative estimate of drug-likeness (QED) is 0.882. The molecule has 26 heavy (non-hydrogen) atoms. The van der Waals surface area contributed by atoms with Gasteiger partial charge < -0.3 is 14.7 Å². The van der Waals surface area contributed by atoms with Crippen LogP contribution in [0.1, 0.15) is 42.9 Å². The molecule has 1 aliphatic heterocycles. The van der Waals surface area contributed by atoms with E-state index in [0.29, 0.717) is 12.8 Å². The van der Waals surface area contributed by atoms with Crippen molar-refractivity contribution in [1.29, 1.82) is 0 Å². The van der Waals surface area contributed by atoms with Crippen molar-refractivity contribution >= 4 is 11.9 Å². The second kappa shape index (κ2) is 6.90. The molecule has 1 amide bonds. The summed E-state index contributed by atoms with van der Waals surface area (Å²) in [5.74, 6) is -1.32. The van der Waals surface area contributed by atoms with Crippen molar-refractivity contribution in [3.8, 4) is 0 Å². The Balaban J connectivity index is 1.74. The summed E-state index contributed by atoms with van der Waals surface area (Å²) in [4.78, 5) is 25.4. The third kappa shape index (κ3) is 3.56. The summed E-state index contributed by atoms with van der Waals surface area (Å²) in [5, 5.41) is 9.37. The minimum atomic E-state index is -4.51. The largest absolute Gasteiger partial charge is 0.481 e. The van der Waals surface area contributed by atoms with E-state index < -0.39 is 29.2 Å². The number of carboxylic acid groups (broad SMARTS) is 1. The second-order valence-electron chi connectivity index (χ2n) is 6.90. The normalized spacial score (nSPS) is 22.6. The number of rotatable bonds is 4. The fourth-order valence-corrected chi connectivity index (χ4v) is 3.57. The molecular formula is C18H20F3NO4. The molecule has 0 aromatic heterocycles. The number of carbonyl (C=O) groups excluding carboxylic acids is 1. The van der Waals surface area contributed by atoms with Crippen LogP contribution in [0.3, 0.4) is 0 Å². The lowest BCUT2D eigenvalue weighted by molar-refractivity contribution is -0.161. The highest BCUT2D eigenvalue weighted by atomic mass is 19.4. The summed E-state index contributed by atoms with van der Waals surface area (Å²) in [7, 11) is 0. The van der Waals surface area contributed by atoms with Crippen molar-refractivity contribution in [2.45, 2.75) is 38.0 Å².